The summed E-state index contributed by atoms with van der Waals surface area (Å²) in [5.41, 5.74) is 1.88. The first kappa shape index (κ1) is 13.2. The Bertz CT molecular complexity index is 502. The zero-order valence-electron chi connectivity index (χ0n) is 10.9. The summed E-state index contributed by atoms with van der Waals surface area (Å²) in [6, 6.07) is 3.83. The van der Waals surface area contributed by atoms with Crippen LogP contribution < -0.4 is 0 Å². The van der Waals surface area contributed by atoms with Gasteiger partial charge >= 0.3 is 0 Å². The lowest BCUT2D eigenvalue weighted by atomic mass is 9.98. The standard InChI is InChI=1S/C14H18N2OS/c1-14(2,3)13-16-11(9-18-13)12(17)8-10-4-6-15-7-5-10/h4-7,9,12,17H,8H2,1-3H3. The van der Waals surface area contributed by atoms with Crippen molar-refractivity contribution < 1.29 is 5.11 Å². The molecular weight excluding hydrogens is 244 g/mol. The fraction of sp³-hybridized carbons (Fsp3) is 0.429. The lowest BCUT2D eigenvalue weighted by Crippen LogP contribution is -2.11. The minimum atomic E-state index is -0.542. The van der Waals surface area contributed by atoms with Gasteiger partial charge in [-0.15, -0.1) is 11.3 Å². The average molecular weight is 262 g/mol. The van der Waals surface area contributed by atoms with E-state index in [4.69, 9.17) is 0 Å². The molecular formula is C14H18N2OS. The van der Waals surface area contributed by atoms with Gasteiger partial charge in [-0.2, -0.15) is 0 Å². The van der Waals surface area contributed by atoms with Crippen LogP contribution in [-0.4, -0.2) is 15.1 Å². The molecule has 18 heavy (non-hydrogen) atoms. The first-order valence-electron chi connectivity index (χ1n) is 5.99. The van der Waals surface area contributed by atoms with E-state index >= 15 is 0 Å². The van der Waals surface area contributed by atoms with Crippen LogP contribution in [0.2, 0.25) is 0 Å². The predicted octanol–water partition coefficient (Wildman–Crippen LogP) is 3.11. The largest absolute Gasteiger partial charge is 0.386 e. The van der Waals surface area contributed by atoms with Crippen LogP contribution in [0.3, 0.4) is 0 Å². The molecule has 0 bridgehead atoms. The summed E-state index contributed by atoms with van der Waals surface area (Å²) in [4.78, 5) is 8.50. The molecule has 0 saturated heterocycles. The number of aliphatic hydroxyl groups excluding tert-OH is 1. The molecule has 1 unspecified atom stereocenters. The number of pyridine rings is 1. The first-order chi connectivity index (χ1) is 8.47. The molecule has 0 aliphatic carbocycles. The molecule has 3 nitrogen and oxygen atoms in total. The van der Waals surface area contributed by atoms with E-state index in [2.05, 4.69) is 30.7 Å². The normalized spacial score (nSPS) is 13.6. The van der Waals surface area contributed by atoms with Crippen LogP contribution >= 0.6 is 11.3 Å². The van der Waals surface area contributed by atoms with Gasteiger partial charge in [0, 0.05) is 29.6 Å². The Hall–Kier alpha value is -1.26. The van der Waals surface area contributed by atoms with Crippen molar-refractivity contribution in [3.63, 3.8) is 0 Å². The maximum absolute atomic E-state index is 10.2. The Morgan fingerprint density at radius 1 is 1.28 bits per heavy atom. The lowest BCUT2D eigenvalue weighted by Gasteiger charge is -2.14. The van der Waals surface area contributed by atoms with Gasteiger partial charge in [0.25, 0.3) is 0 Å². The molecule has 0 aliphatic heterocycles. The molecule has 2 aromatic heterocycles. The minimum absolute atomic E-state index is 0.0410. The summed E-state index contributed by atoms with van der Waals surface area (Å²) in [7, 11) is 0. The van der Waals surface area contributed by atoms with Crippen LogP contribution in [0.25, 0.3) is 0 Å². The Labute approximate surface area is 112 Å². The van der Waals surface area contributed by atoms with Crippen molar-refractivity contribution in [3.05, 3.63) is 46.2 Å². The molecule has 0 aromatic carbocycles. The molecule has 0 saturated carbocycles. The first-order valence-corrected chi connectivity index (χ1v) is 6.87. The van der Waals surface area contributed by atoms with Gasteiger partial charge in [-0.1, -0.05) is 20.8 Å². The zero-order chi connectivity index (χ0) is 13.2. The average Bonchev–Trinajstić information content (AvgIpc) is 2.79. The highest BCUT2D eigenvalue weighted by molar-refractivity contribution is 7.09. The van der Waals surface area contributed by atoms with Gasteiger partial charge < -0.3 is 5.11 Å². The molecule has 1 atom stereocenters. The van der Waals surface area contributed by atoms with Crippen molar-refractivity contribution in [3.8, 4) is 0 Å². The molecule has 1 N–H and O–H groups in total. The van der Waals surface area contributed by atoms with E-state index in [0.717, 1.165) is 16.3 Å². The summed E-state index contributed by atoms with van der Waals surface area (Å²) < 4.78 is 0. The molecule has 0 fully saturated rings. The SMILES string of the molecule is CC(C)(C)c1nc(C(O)Cc2ccncc2)cs1. The molecule has 2 aromatic rings. The molecule has 0 spiro atoms. The number of aliphatic hydroxyl groups is 1. The lowest BCUT2D eigenvalue weighted by molar-refractivity contribution is 0.174. The Balaban J connectivity index is 2.10. The number of hydrogen-bond donors (Lipinski definition) is 1. The Morgan fingerprint density at radius 3 is 2.50 bits per heavy atom. The minimum Gasteiger partial charge on any atom is -0.386 e. The fourth-order valence-electron chi connectivity index (χ4n) is 1.63. The van der Waals surface area contributed by atoms with E-state index in [0.29, 0.717) is 6.42 Å². The summed E-state index contributed by atoms with van der Waals surface area (Å²) in [5.74, 6) is 0. The van der Waals surface area contributed by atoms with Crippen LogP contribution in [0.15, 0.2) is 29.9 Å². The zero-order valence-corrected chi connectivity index (χ0v) is 11.7. The number of aromatic nitrogens is 2. The molecule has 2 rings (SSSR count). The quantitative estimate of drug-likeness (QED) is 0.924. The van der Waals surface area contributed by atoms with E-state index in [-0.39, 0.29) is 5.41 Å². The second-order valence-corrected chi connectivity index (χ2v) is 6.26. The number of hydrogen-bond acceptors (Lipinski definition) is 4. The molecule has 0 radical (unpaired) electrons. The fourth-order valence-corrected chi connectivity index (χ4v) is 2.58. The van der Waals surface area contributed by atoms with Gasteiger partial charge in [-0.3, -0.25) is 4.98 Å². The molecule has 96 valence electrons. The van der Waals surface area contributed by atoms with Gasteiger partial charge in [-0.25, -0.2) is 4.98 Å². The van der Waals surface area contributed by atoms with Crippen molar-refractivity contribution in [1.29, 1.82) is 0 Å². The third kappa shape index (κ3) is 3.15. The maximum Gasteiger partial charge on any atom is 0.101 e. The van der Waals surface area contributed by atoms with Crippen molar-refractivity contribution >= 4 is 11.3 Å². The second kappa shape index (κ2) is 5.16. The Kier molecular flexibility index (Phi) is 3.78. The van der Waals surface area contributed by atoms with Crippen LogP contribution in [-0.2, 0) is 11.8 Å². The van der Waals surface area contributed by atoms with E-state index in [9.17, 15) is 5.11 Å². The highest BCUT2D eigenvalue weighted by Gasteiger charge is 2.20. The number of nitrogens with zero attached hydrogens (tertiary/aromatic N) is 2. The van der Waals surface area contributed by atoms with Crippen molar-refractivity contribution in [2.45, 2.75) is 38.7 Å². The van der Waals surface area contributed by atoms with E-state index in [1.54, 1.807) is 23.7 Å². The van der Waals surface area contributed by atoms with Gasteiger partial charge in [-0.05, 0) is 17.7 Å². The number of rotatable bonds is 3. The topological polar surface area (TPSA) is 46.0 Å². The summed E-state index contributed by atoms with van der Waals surface area (Å²) >= 11 is 1.61. The van der Waals surface area contributed by atoms with Crippen LogP contribution in [0, 0.1) is 0 Å². The third-order valence-corrected chi connectivity index (χ3v) is 3.97. The molecule has 2 heterocycles. The molecule has 0 amide bonds. The van der Waals surface area contributed by atoms with Crippen LogP contribution in [0.5, 0.6) is 0 Å². The smallest absolute Gasteiger partial charge is 0.101 e. The van der Waals surface area contributed by atoms with E-state index in [1.807, 2.05) is 17.5 Å². The van der Waals surface area contributed by atoms with Crippen LogP contribution in [0.1, 0.15) is 43.1 Å². The number of thiazole rings is 1. The molecule has 0 aliphatic rings. The highest BCUT2D eigenvalue weighted by atomic mass is 32.1. The van der Waals surface area contributed by atoms with Gasteiger partial charge in [0.2, 0.25) is 0 Å². The third-order valence-electron chi connectivity index (χ3n) is 2.68. The van der Waals surface area contributed by atoms with E-state index in [1.165, 1.54) is 0 Å². The van der Waals surface area contributed by atoms with Crippen molar-refractivity contribution in [2.75, 3.05) is 0 Å². The summed E-state index contributed by atoms with van der Waals surface area (Å²) in [6.07, 6.45) is 3.52. The second-order valence-electron chi connectivity index (χ2n) is 5.40. The van der Waals surface area contributed by atoms with Gasteiger partial charge in [0.15, 0.2) is 0 Å². The van der Waals surface area contributed by atoms with Crippen molar-refractivity contribution in [2.24, 2.45) is 0 Å². The van der Waals surface area contributed by atoms with Crippen LogP contribution in [0.4, 0.5) is 0 Å². The highest BCUT2D eigenvalue weighted by Crippen LogP contribution is 2.28. The van der Waals surface area contributed by atoms with Crippen molar-refractivity contribution in [1.82, 2.24) is 9.97 Å². The van der Waals surface area contributed by atoms with Gasteiger partial charge in [0.05, 0.1) is 10.7 Å². The predicted molar refractivity (Wildman–Crippen MR) is 73.7 cm³/mol. The maximum atomic E-state index is 10.2. The summed E-state index contributed by atoms with van der Waals surface area (Å²) in [6.45, 7) is 6.39. The monoisotopic (exact) mass is 262 g/mol. The Morgan fingerprint density at radius 2 is 1.94 bits per heavy atom. The van der Waals surface area contributed by atoms with Gasteiger partial charge in [0.1, 0.15) is 6.10 Å². The molecule has 4 heteroatoms. The summed E-state index contributed by atoms with van der Waals surface area (Å²) in [5, 5.41) is 13.2. The van der Waals surface area contributed by atoms with E-state index < -0.39 is 6.10 Å².